The maximum atomic E-state index is 12.6. The Morgan fingerprint density at radius 1 is 1.16 bits per heavy atom. The number of nitrogens with zero attached hydrogens (tertiary/aromatic N) is 4. The van der Waals surface area contributed by atoms with Crippen LogP contribution in [-0.4, -0.2) is 52.4 Å². The molecule has 0 radical (unpaired) electrons. The van der Waals surface area contributed by atoms with Crippen LogP contribution in [0.3, 0.4) is 0 Å². The van der Waals surface area contributed by atoms with E-state index < -0.39 is 0 Å². The van der Waals surface area contributed by atoms with Gasteiger partial charge in [0.25, 0.3) is 0 Å². The average Bonchev–Trinajstić information content (AvgIpc) is 3.14. The standard InChI is InChI=1S/C20H30N4O/c1-23-9-6-16(7-10-23)20-21-13-17-14-24(11-8-18(17)22-20)19(25)12-15-4-2-3-5-15/h13,15-16H,2-12,14H2,1H3. The van der Waals surface area contributed by atoms with E-state index in [1.54, 1.807) is 0 Å². The van der Waals surface area contributed by atoms with E-state index in [1.807, 2.05) is 11.1 Å². The van der Waals surface area contributed by atoms with Crippen LogP contribution in [0, 0.1) is 5.92 Å². The summed E-state index contributed by atoms with van der Waals surface area (Å²) in [7, 11) is 2.18. The fourth-order valence-corrected chi connectivity index (χ4v) is 4.60. The lowest BCUT2D eigenvalue weighted by Crippen LogP contribution is -2.37. The van der Waals surface area contributed by atoms with Crippen LogP contribution in [0.5, 0.6) is 0 Å². The van der Waals surface area contributed by atoms with E-state index in [0.29, 0.717) is 24.3 Å². The van der Waals surface area contributed by atoms with E-state index in [1.165, 1.54) is 31.4 Å². The van der Waals surface area contributed by atoms with Crippen molar-refractivity contribution >= 4 is 5.91 Å². The Morgan fingerprint density at radius 3 is 2.68 bits per heavy atom. The molecule has 0 aromatic carbocycles. The van der Waals surface area contributed by atoms with Crippen molar-refractivity contribution in [2.75, 3.05) is 26.7 Å². The number of piperidine rings is 1. The van der Waals surface area contributed by atoms with Gasteiger partial charge in [0.1, 0.15) is 5.82 Å². The molecule has 3 heterocycles. The number of carbonyl (C=O) groups is 1. The monoisotopic (exact) mass is 342 g/mol. The van der Waals surface area contributed by atoms with Gasteiger partial charge < -0.3 is 9.80 Å². The molecule has 4 rings (SSSR count). The van der Waals surface area contributed by atoms with Crippen molar-refractivity contribution in [1.82, 2.24) is 19.8 Å². The molecular weight excluding hydrogens is 312 g/mol. The Bertz CT molecular complexity index is 618. The van der Waals surface area contributed by atoms with Crippen LogP contribution in [0.15, 0.2) is 6.20 Å². The summed E-state index contributed by atoms with van der Waals surface area (Å²) in [6.45, 7) is 3.79. The van der Waals surface area contributed by atoms with Crippen molar-refractivity contribution in [2.24, 2.45) is 5.92 Å². The number of likely N-dealkylation sites (tertiary alicyclic amines) is 1. The second-order valence-corrected chi connectivity index (χ2v) is 8.20. The van der Waals surface area contributed by atoms with Gasteiger partial charge in [-0.05, 0) is 51.7 Å². The SMILES string of the molecule is CN1CCC(c2ncc3c(n2)CCN(C(=O)CC2CCCC2)C3)CC1. The third-order valence-electron chi connectivity index (χ3n) is 6.33. The fourth-order valence-electron chi connectivity index (χ4n) is 4.60. The lowest BCUT2D eigenvalue weighted by molar-refractivity contribution is -0.133. The molecule has 3 aliphatic rings. The normalized spacial score (nSPS) is 23.0. The molecule has 0 N–H and O–H groups in total. The predicted molar refractivity (Wildman–Crippen MR) is 97.2 cm³/mol. The van der Waals surface area contributed by atoms with E-state index in [0.717, 1.165) is 56.7 Å². The van der Waals surface area contributed by atoms with Gasteiger partial charge in [-0.25, -0.2) is 9.97 Å². The maximum absolute atomic E-state index is 12.6. The maximum Gasteiger partial charge on any atom is 0.223 e. The van der Waals surface area contributed by atoms with Crippen molar-refractivity contribution in [3.8, 4) is 0 Å². The highest BCUT2D eigenvalue weighted by molar-refractivity contribution is 5.76. The van der Waals surface area contributed by atoms with Crippen molar-refractivity contribution in [3.05, 3.63) is 23.3 Å². The van der Waals surface area contributed by atoms with Crippen LogP contribution in [0.25, 0.3) is 0 Å². The summed E-state index contributed by atoms with van der Waals surface area (Å²) < 4.78 is 0. The van der Waals surface area contributed by atoms with Crippen LogP contribution < -0.4 is 0 Å². The summed E-state index contributed by atoms with van der Waals surface area (Å²) >= 11 is 0. The van der Waals surface area contributed by atoms with Gasteiger partial charge in [-0.1, -0.05) is 12.8 Å². The lowest BCUT2D eigenvalue weighted by Gasteiger charge is -2.31. The molecule has 1 aliphatic carbocycles. The molecular formula is C20H30N4O. The molecule has 1 saturated heterocycles. The topological polar surface area (TPSA) is 49.3 Å². The molecule has 0 bridgehead atoms. The minimum atomic E-state index is 0.331. The second kappa shape index (κ2) is 7.40. The first-order valence-electron chi connectivity index (χ1n) is 10.00. The molecule has 1 aromatic heterocycles. The highest BCUT2D eigenvalue weighted by Crippen LogP contribution is 2.30. The Morgan fingerprint density at radius 2 is 1.92 bits per heavy atom. The molecule has 5 heteroatoms. The van der Waals surface area contributed by atoms with Crippen LogP contribution in [0.1, 0.15) is 67.9 Å². The van der Waals surface area contributed by atoms with E-state index in [4.69, 9.17) is 4.98 Å². The summed E-state index contributed by atoms with van der Waals surface area (Å²) in [5, 5.41) is 0. The van der Waals surface area contributed by atoms with Gasteiger partial charge in [0.2, 0.25) is 5.91 Å². The molecule has 5 nitrogen and oxygen atoms in total. The zero-order chi connectivity index (χ0) is 17.2. The number of rotatable bonds is 3. The molecule has 136 valence electrons. The Labute approximate surface area is 150 Å². The van der Waals surface area contributed by atoms with Crippen LogP contribution in [0.4, 0.5) is 0 Å². The van der Waals surface area contributed by atoms with Crippen LogP contribution >= 0.6 is 0 Å². The van der Waals surface area contributed by atoms with Gasteiger partial charge in [0, 0.05) is 43.6 Å². The largest absolute Gasteiger partial charge is 0.338 e. The molecule has 25 heavy (non-hydrogen) atoms. The molecule has 1 aromatic rings. The molecule has 2 fully saturated rings. The molecule has 0 atom stereocenters. The number of carbonyl (C=O) groups excluding carboxylic acids is 1. The zero-order valence-corrected chi connectivity index (χ0v) is 15.4. The molecule has 1 saturated carbocycles. The van der Waals surface area contributed by atoms with Crippen molar-refractivity contribution in [3.63, 3.8) is 0 Å². The smallest absolute Gasteiger partial charge is 0.223 e. The first kappa shape index (κ1) is 17.0. The first-order valence-corrected chi connectivity index (χ1v) is 10.00. The third-order valence-corrected chi connectivity index (χ3v) is 6.33. The van der Waals surface area contributed by atoms with Crippen molar-refractivity contribution < 1.29 is 4.79 Å². The average molecular weight is 342 g/mol. The Kier molecular flexibility index (Phi) is 5.02. The second-order valence-electron chi connectivity index (χ2n) is 8.20. The quantitative estimate of drug-likeness (QED) is 0.847. The minimum absolute atomic E-state index is 0.331. The highest BCUT2D eigenvalue weighted by Gasteiger charge is 2.27. The summed E-state index contributed by atoms with van der Waals surface area (Å²) in [5.74, 6) is 2.48. The van der Waals surface area contributed by atoms with Gasteiger partial charge in [0.05, 0.1) is 5.69 Å². The first-order chi connectivity index (χ1) is 12.2. The number of aromatic nitrogens is 2. The summed E-state index contributed by atoms with van der Waals surface area (Å²) in [5.41, 5.74) is 2.33. The van der Waals surface area contributed by atoms with Gasteiger partial charge in [-0.2, -0.15) is 0 Å². The molecule has 0 spiro atoms. The predicted octanol–water partition coefficient (Wildman–Crippen LogP) is 2.75. The zero-order valence-electron chi connectivity index (χ0n) is 15.4. The highest BCUT2D eigenvalue weighted by atomic mass is 16.2. The summed E-state index contributed by atoms with van der Waals surface area (Å²) in [6, 6.07) is 0. The summed E-state index contributed by atoms with van der Waals surface area (Å²) in [4.78, 5) is 26.6. The number of amides is 1. The van der Waals surface area contributed by atoms with E-state index in [-0.39, 0.29) is 0 Å². The van der Waals surface area contributed by atoms with Crippen LogP contribution in [-0.2, 0) is 17.8 Å². The van der Waals surface area contributed by atoms with E-state index in [9.17, 15) is 4.79 Å². The van der Waals surface area contributed by atoms with Gasteiger partial charge in [-0.3, -0.25) is 4.79 Å². The number of fused-ring (bicyclic) bond motifs is 1. The van der Waals surface area contributed by atoms with E-state index in [2.05, 4.69) is 16.9 Å². The van der Waals surface area contributed by atoms with Crippen LogP contribution in [0.2, 0.25) is 0 Å². The fraction of sp³-hybridized carbons (Fsp3) is 0.750. The Balaban J connectivity index is 1.39. The molecule has 1 amide bonds. The summed E-state index contributed by atoms with van der Waals surface area (Å²) in [6.07, 6.45) is 11.0. The third kappa shape index (κ3) is 3.86. The molecule has 0 unspecified atom stereocenters. The van der Waals surface area contributed by atoms with Gasteiger partial charge in [0.15, 0.2) is 0 Å². The minimum Gasteiger partial charge on any atom is -0.338 e. The number of hydrogen-bond acceptors (Lipinski definition) is 4. The van der Waals surface area contributed by atoms with E-state index >= 15 is 0 Å². The lowest BCUT2D eigenvalue weighted by atomic mass is 9.95. The number of hydrogen-bond donors (Lipinski definition) is 0. The van der Waals surface area contributed by atoms with Gasteiger partial charge in [-0.15, -0.1) is 0 Å². The Hall–Kier alpha value is -1.49. The van der Waals surface area contributed by atoms with Crippen molar-refractivity contribution in [1.29, 1.82) is 0 Å². The molecule has 2 aliphatic heterocycles. The van der Waals surface area contributed by atoms with Crippen molar-refractivity contribution in [2.45, 2.75) is 63.8 Å². The van der Waals surface area contributed by atoms with Gasteiger partial charge >= 0.3 is 0 Å².